The Kier molecular flexibility index (Phi) is 4.03. The van der Waals surface area contributed by atoms with Crippen LogP contribution in [0.15, 0.2) is 30.3 Å². The number of carbonyl (C=O) groups is 2. The van der Waals surface area contributed by atoms with Crippen molar-refractivity contribution in [3.8, 4) is 0 Å². The van der Waals surface area contributed by atoms with Crippen LogP contribution in [0.5, 0.6) is 0 Å². The van der Waals surface area contributed by atoms with E-state index in [0.717, 1.165) is 12.1 Å². The molecule has 1 aromatic rings. The maximum atomic E-state index is 13.8. The van der Waals surface area contributed by atoms with E-state index in [9.17, 15) is 27.9 Å². The van der Waals surface area contributed by atoms with Crippen molar-refractivity contribution in [3.63, 3.8) is 0 Å². The lowest BCUT2D eigenvalue weighted by molar-refractivity contribution is -0.199. The molecule has 1 aromatic carbocycles. The SMILES string of the molecule is O=C1N[C@](c2ccccc2)(C(F)(F)F)C(=O)N1[C@H]1CCCC[C@@H]1O. The minimum Gasteiger partial charge on any atom is -0.391 e. The van der Waals surface area contributed by atoms with Gasteiger partial charge in [0.05, 0.1) is 12.1 Å². The first-order valence-electron chi connectivity index (χ1n) is 7.75. The molecule has 1 heterocycles. The summed E-state index contributed by atoms with van der Waals surface area (Å²) in [6.07, 6.45) is -4.01. The van der Waals surface area contributed by atoms with Gasteiger partial charge in [-0.15, -0.1) is 0 Å². The summed E-state index contributed by atoms with van der Waals surface area (Å²) in [4.78, 5) is 25.5. The van der Waals surface area contributed by atoms with Crippen molar-refractivity contribution in [1.29, 1.82) is 0 Å². The first kappa shape index (κ1) is 16.8. The normalized spacial score (nSPS) is 31.2. The van der Waals surface area contributed by atoms with E-state index in [-0.39, 0.29) is 5.56 Å². The molecule has 0 spiro atoms. The highest BCUT2D eigenvalue weighted by Crippen LogP contribution is 2.44. The minimum atomic E-state index is -5.00. The maximum Gasteiger partial charge on any atom is 0.425 e. The molecule has 130 valence electrons. The highest BCUT2D eigenvalue weighted by molar-refractivity contribution is 6.08. The van der Waals surface area contributed by atoms with Gasteiger partial charge in [0.1, 0.15) is 0 Å². The van der Waals surface area contributed by atoms with Gasteiger partial charge in [0.2, 0.25) is 5.54 Å². The number of aliphatic hydroxyl groups is 1. The van der Waals surface area contributed by atoms with Crippen LogP contribution in [0.4, 0.5) is 18.0 Å². The average molecular weight is 342 g/mol. The predicted octanol–water partition coefficient (Wildman–Crippen LogP) is 2.30. The van der Waals surface area contributed by atoms with Gasteiger partial charge in [-0.2, -0.15) is 13.2 Å². The van der Waals surface area contributed by atoms with Crippen LogP contribution >= 0.6 is 0 Å². The summed E-state index contributed by atoms with van der Waals surface area (Å²) in [5.74, 6) is -1.38. The van der Waals surface area contributed by atoms with Gasteiger partial charge in [-0.1, -0.05) is 43.2 Å². The van der Waals surface area contributed by atoms with Gasteiger partial charge in [0.25, 0.3) is 5.91 Å². The summed E-state index contributed by atoms with van der Waals surface area (Å²) in [7, 11) is 0. The smallest absolute Gasteiger partial charge is 0.391 e. The molecule has 2 aliphatic rings. The first-order chi connectivity index (χ1) is 11.3. The summed E-state index contributed by atoms with van der Waals surface area (Å²) in [6, 6.07) is 4.54. The molecule has 3 rings (SSSR count). The quantitative estimate of drug-likeness (QED) is 0.811. The lowest BCUT2D eigenvalue weighted by Gasteiger charge is -2.34. The molecule has 0 bridgehead atoms. The summed E-state index contributed by atoms with van der Waals surface area (Å²) < 4.78 is 41.5. The van der Waals surface area contributed by atoms with Crippen molar-refractivity contribution >= 4 is 11.9 Å². The summed E-state index contributed by atoms with van der Waals surface area (Å²) in [5, 5.41) is 11.9. The van der Waals surface area contributed by atoms with Crippen molar-refractivity contribution in [2.75, 3.05) is 0 Å². The van der Waals surface area contributed by atoms with Crippen LogP contribution in [-0.2, 0) is 10.3 Å². The van der Waals surface area contributed by atoms with Crippen LogP contribution in [0.25, 0.3) is 0 Å². The standard InChI is InChI=1S/C16H17F3N2O3/c17-16(18,19)15(10-6-2-1-3-7-10)13(23)21(14(24)20-15)11-8-4-5-9-12(11)22/h1-3,6-7,11-12,22H,4-5,8-9H2,(H,20,24)/t11-,12-,15-/m0/s1. The summed E-state index contributed by atoms with van der Waals surface area (Å²) in [5.41, 5.74) is -3.45. The minimum absolute atomic E-state index is 0.295. The van der Waals surface area contributed by atoms with Crippen molar-refractivity contribution in [1.82, 2.24) is 10.2 Å². The molecule has 24 heavy (non-hydrogen) atoms. The first-order valence-corrected chi connectivity index (χ1v) is 7.75. The largest absolute Gasteiger partial charge is 0.425 e. The average Bonchev–Trinajstić information content (AvgIpc) is 2.81. The number of nitrogens with one attached hydrogen (secondary N) is 1. The van der Waals surface area contributed by atoms with Crippen LogP contribution in [0, 0.1) is 0 Å². The van der Waals surface area contributed by atoms with Gasteiger partial charge < -0.3 is 10.4 Å². The Bertz CT molecular complexity index is 650. The number of hydrogen-bond donors (Lipinski definition) is 2. The summed E-state index contributed by atoms with van der Waals surface area (Å²) >= 11 is 0. The molecule has 1 aliphatic heterocycles. The number of imide groups is 1. The second kappa shape index (κ2) is 5.77. The fourth-order valence-corrected chi connectivity index (χ4v) is 3.48. The molecule has 8 heteroatoms. The monoisotopic (exact) mass is 342 g/mol. The van der Waals surface area contributed by atoms with E-state index < -0.39 is 35.8 Å². The molecule has 2 fully saturated rings. The fraction of sp³-hybridized carbons (Fsp3) is 0.500. The Balaban J connectivity index is 2.06. The molecule has 3 amide bonds. The van der Waals surface area contributed by atoms with Crippen molar-refractivity contribution in [2.24, 2.45) is 0 Å². The number of aliphatic hydroxyl groups excluding tert-OH is 1. The van der Waals surface area contributed by atoms with Crippen LogP contribution in [0.1, 0.15) is 31.2 Å². The van der Waals surface area contributed by atoms with Crippen LogP contribution in [0.2, 0.25) is 0 Å². The zero-order valence-corrected chi connectivity index (χ0v) is 12.7. The van der Waals surface area contributed by atoms with Crippen molar-refractivity contribution in [3.05, 3.63) is 35.9 Å². The molecule has 1 saturated carbocycles. The highest BCUT2D eigenvalue weighted by Gasteiger charge is 2.69. The number of alkyl halides is 3. The molecule has 0 unspecified atom stereocenters. The van der Waals surface area contributed by atoms with E-state index in [0.29, 0.717) is 30.6 Å². The maximum absolute atomic E-state index is 13.8. The van der Waals surface area contributed by atoms with Crippen LogP contribution in [0.3, 0.4) is 0 Å². The molecule has 1 aliphatic carbocycles. The van der Waals surface area contributed by atoms with Gasteiger partial charge >= 0.3 is 12.2 Å². The second-order valence-electron chi connectivity index (χ2n) is 6.14. The number of benzene rings is 1. The van der Waals surface area contributed by atoms with E-state index in [1.807, 2.05) is 5.32 Å². The predicted molar refractivity (Wildman–Crippen MR) is 77.8 cm³/mol. The third-order valence-corrected chi connectivity index (χ3v) is 4.71. The Morgan fingerprint density at radius 3 is 2.33 bits per heavy atom. The van der Waals surface area contributed by atoms with Gasteiger partial charge in [0, 0.05) is 0 Å². The Labute approximate surface area is 136 Å². The van der Waals surface area contributed by atoms with E-state index in [1.165, 1.54) is 18.2 Å². The number of halogens is 3. The number of carbonyl (C=O) groups excluding carboxylic acids is 2. The van der Waals surface area contributed by atoms with Crippen molar-refractivity contribution in [2.45, 2.75) is 49.5 Å². The second-order valence-corrected chi connectivity index (χ2v) is 6.14. The molecular weight excluding hydrogens is 325 g/mol. The molecule has 2 N–H and O–H groups in total. The lowest BCUT2D eigenvalue weighted by Crippen LogP contribution is -2.56. The van der Waals surface area contributed by atoms with Gasteiger partial charge in [0.15, 0.2) is 0 Å². The van der Waals surface area contributed by atoms with Crippen LogP contribution < -0.4 is 5.32 Å². The number of urea groups is 1. The van der Waals surface area contributed by atoms with Crippen LogP contribution in [-0.4, -0.2) is 40.3 Å². The third-order valence-electron chi connectivity index (χ3n) is 4.71. The van der Waals surface area contributed by atoms with E-state index in [1.54, 1.807) is 0 Å². The lowest BCUT2D eigenvalue weighted by atomic mass is 9.87. The Hall–Kier alpha value is -2.09. The molecular formula is C16H17F3N2O3. The molecule has 3 atom stereocenters. The van der Waals surface area contributed by atoms with Gasteiger partial charge in [-0.3, -0.25) is 9.69 Å². The molecule has 0 radical (unpaired) electrons. The van der Waals surface area contributed by atoms with E-state index >= 15 is 0 Å². The van der Waals surface area contributed by atoms with E-state index in [2.05, 4.69) is 0 Å². The number of amides is 3. The molecule has 0 aromatic heterocycles. The highest BCUT2D eigenvalue weighted by atomic mass is 19.4. The zero-order chi connectivity index (χ0) is 17.5. The number of nitrogens with zero attached hydrogens (tertiary/aromatic N) is 1. The third kappa shape index (κ3) is 2.36. The van der Waals surface area contributed by atoms with Gasteiger partial charge in [-0.05, 0) is 18.4 Å². The number of hydrogen-bond acceptors (Lipinski definition) is 3. The zero-order valence-electron chi connectivity index (χ0n) is 12.7. The van der Waals surface area contributed by atoms with E-state index in [4.69, 9.17) is 0 Å². The Morgan fingerprint density at radius 2 is 1.75 bits per heavy atom. The van der Waals surface area contributed by atoms with Crippen molar-refractivity contribution < 1.29 is 27.9 Å². The fourth-order valence-electron chi connectivity index (χ4n) is 3.48. The molecule has 1 saturated heterocycles. The molecule has 5 nitrogen and oxygen atoms in total. The Morgan fingerprint density at radius 1 is 1.12 bits per heavy atom. The van der Waals surface area contributed by atoms with Gasteiger partial charge in [-0.25, -0.2) is 4.79 Å². The number of rotatable bonds is 2. The topological polar surface area (TPSA) is 69.6 Å². The summed E-state index contributed by atoms with van der Waals surface area (Å²) in [6.45, 7) is 0.